The van der Waals surface area contributed by atoms with Gasteiger partial charge in [-0.1, -0.05) is 11.6 Å². The molecule has 1 amide bonds. The lowest BCUT2D eigenvalue weighted by Gasteiger charge is -2.12. The topological polar surface area (TPSA) is 66.5 Å². The van der Waals surface area contributed by atoms with E-state index in [9.17, 15) is 13.2 Å². The van der Waals surface area contributed by atoms with Crippen LogP contribution in [0.4, 0.5) is 5.69 Å². The number of hydrogen-bond acceptors (Lipinski definition) is 3. The monoisotopic (exact) mass is 276 g/mol. The molecular weight excluding hydrogens is 264 g/mol. The molecule has 1 N–H and O–H groups in total. The van der Waals surface area contributed by atoms with Gasteiger partial charge in [0.1, 0.15) is 0 Å². The fraction of sp³-hybridized carbons (Fsp3) is 0.300. The smallest absolute Gasteiger partial charge is 0.242 e. The normalized spacial score (nSPS) is 11.6. The Morgan fingerprint density at radius 1 is 1.35 bits per heavy atom. The van der Waals surface area contributed by atoms with Gasteiger partial charge in [-0.05, 0) is 18.2 Å². The third kappa shape index (κ3) is 3.18. The number of nitrogens with one attached hydrogen (secondary N) is 1. The van der Waals surface area contributed by atoms with Crippen molar-refractivity contribution in [2.24, 2.45) is 0 Å². The van der Waals surface area contributed by atoms with E-state index in [-0.39, 0.29) is 15.8 Å². The van der Waals surface area contributed by atoms with Crippen molar-refractivity contribution in [1.29, 1.82) is 0 Å². The van der Waals surface area contributed by atoms with E-state index in [1.807, 2.05) is 0 Å². The first kappa shape index (κ1) is 14.0. The minimum atomic E-state index is -3.51. The van der Waals surface area contributed by atoms with E-state index in [1.165, 1.54) is 39.2 Å². The van der Waals surface area contributed by atoms with Crippen molar-refractivity contribution in [2.45, 2.75) is 11.8 Å². The molecule has 5 nitrogen and oxygen atoms in total. The van der Waals surface area contributed by atoms with Crippen LogP contribution in [0.1, 0.15) is 6.92 Å². The maximum absolute atomic E-state index is 11.8. The summed E-state index contributed by atoms with van der Waals surface area (Å²) in [6, 6.07) is 4.16. The molecule has 0 heterocycles. The predicted molar refractivity (Wildman–Crippen MR) is 66.6 cm³/mol. The van der Waals surface area contributed by atoms with E-state index in [2.05, 4.69) is 5.32 Å². The van der Waals surface area contributed by atoms with Crippen molar-refractivity contribution in [2.75, 3.05) is 19.4 Å². The molecule has 0 aliphatic carbocycles. The number of sulfonamides is 1. The van der Waals surface area contributed by atoms with E-state index in [4.69, 9.17) is 11.6 Å². The highest BCUT2D eigenvalue weighted by molar-refractivity contribution is 7.89. The lowest BCUT2D eigenvalue weighted by Crippen LogP contribution is -2.22. The summed E-state index contributed by atoms with van der Waals surface area (Å²) in [5, 5.41) is 2.69. The first-order valence-corrected chi connectivity index (χ1v) is 6.56. The molecule has 0 atom stereocenters. The third-order valence-corrected chi connectivity index (χ3v) is 4.15. The molecule has 0 unspecified atom stereocenters. The van der Waals surface area contributed by atoms with E-state index in [0.717, 1.165) is 4.31 Å². The molecule has 1 aromatic carbocycles. The lowest BCUT2D eigenvalue weighted by atomic mass is 10.3. The van der Waals surface area contributed by atoms with Crippen molar-refractivity contribution in [3.8, 4) is 0 Å². The number of hydrogen-bond donors (Lipinski definition) is 1. The molecule has 0 aliphatic heterocycles. The highest BCUT2D eigenvalue weighted by atomic mass is 35.5. The Bertz CT molecular complexity index is 540. The summed E-state index contributed by atoms with van der Waals surface area (Å²) in [5.74, 6) is -0.268. The van der Waals surface area contributed by atoms with Crippen LogP contribution in [-0.4, -0.2) is 32.7 Å². The number of anilines is 1. The number of benzene rings is 1. The van der Waals surface area contributed by atoms with Gasteiger partial charge in [0.25, 0.3) is 0 Å². The van der Waals surface area contributed by atoms with Gasteiger partial charge < -0.3 is 5.32 Å². The Kier molecular flexibility index (Phi) is 4.13. The van der Waals surface area contributed by atoms with E-state index < -0.39 is 10.0 Å². The zero-order chi connectivity index (χ0) is 13.2. The molecule has 17 heavy (non-hydrogen) atoms. The maximum Gasteiger partial charge on any atom is 0.242 e. The first-order chi connectivity index (χ1) is 7.75. The third-order valence-electron chi connectivity index (χ3n) is 2.03. The average molecular weight is 277 g/mol. The maximum atomic E-state index is 11.8. The van der Waals surface area contributed by atoms with Gasteiger partial charge >= 0.3 is 0 Å². The van der Waals surface area contributed by atoms with Gasteiger partial charge in [0, 0.05) is 21.0 Å². The Morgan fingerprint density at radius 2 is 1.94 bits per heavy atom. The van der Waals surface area contributed by atoms with Gasteiger partial charge in [-0.15, -0.1) is 0 Å². The van der Waals surface area contributed by atoms with Crippen LogP contribution in [0.3, 0.4) is 0 Å². The summed E-state index contributed by atoms with van der Waals surface area (Å²) < 4.78 is 24.7. The number of rotatable bonds is 3. The molecule has 0 aromatic heterocycles. The van der Waals surface area contributed by atoms with Crippen LogP contribution in [0.2, 0.25) is 5.02 Å². The van der Waals surface area contributed by atoms with Gasteiger partial charge in [-0.2, -0.15) is 0 Å². The predicted octanol–water partition coefficient (Wildman–Crippen LogP) is 1.55. The molecule has 0 saturated heterocycles. The number of nitrogens with zero attached hydrogens (tertiary/aromatic N) is 1. The van der Waals surface area contributed by atoms with Gasteiger partial charge in [-0.25, -0.2) is 12.7 Å². The zero-order valence-corrected chi connectivity index (χ0v) is 11.3. The quantitative estimate of drug-likeness (QED) is 0.911. The second-order valence-corrected chi connectivity index (χ2v) is 6.17. The van der Waals surface area contributed by atoms with E-state index in [0.29, 0.717) is 5.69 Å². The molecule has 1 rings (SSSR count). The second kappa shape index (κ2) is 5.03. The second-order valence-electron chi connectivity index (χ2n) is 3.61. The molecule has 0 spiro atoms. The number of halogens is 1. The fourth-order valence-electron chi connectivity index (χ4n) is 1.16. The van der Waals surface area contributed by atoms with Crippen molar-refractivity contribution in [1.82, 2.24) is 4.31 Å². The molecule has 0 radical (unpaired) electrons. The van der Waals surface area contributed by atoms with Crippen molar-refractivity contribution >= 4 is 33.2 Å². The van der Waals surface area contributed by atoms with Crippen LogP contribution >= 0.6 is 11.6 Å². The molecule has 0 saturated carbocycles. The molecule has 0 fully saturated rings. The summed E-state index contributed by atoms with van der Waals surface area (Å²) in [6.07, 6.45) is 0. The van der Waals surface area contributed by atoms with Gasteiger partial charge in [0.2, 0.25) is 15.9 Å². The summed E-state index contributed by atoms with van der Waals surface area (Å²) >= 11 is 5.89. The molecule has 0 aliphatic rings. The van der Waals surface area contributed by atoms with Crippen molar-refractivity contribution in [3.05, 3.63) is 23.2 Å². The van der Waals surface area contributed by atoms with Crippen molar-refractivity contribution in [3.63, 3.8) is 0 Å². The van der Waals surface area contributed by atoms with Crippen LogP contribution in [0.15, 0.2) is 23.1 Å². The standard InChI is InChI=1S/C10H13ClN2O3S/c1-7(14)12-10-5-4-8(6-9(10)11)17(15,16)13(2)3/h4-6H,1-3H3,(H,12,14). The minimum absolute atomic E-state index is 0.0848. The van der Waals surface area contributed by atoms with Crippen LogP contribution in [0, 0.1) is 0 Å². The van der Waals surface area contributed by atoms with Crippen LogP contribution in [0.25, 0.3) is 0 Å². The average Bonchev–Trinajstić information content (AvgIpc) is 2.20. The summed E-state index contributed by atoms with van der Waals surface area (Å²) in [7, 11) is -0.637. The minimum Gasteiger partial charge on any atom is -0.325 e. The number of amides is 1. The Balaban J connectivity index is 3.18. The van der Waals surface area contributed by atoms with Gasteiger partial charge in [0.15, 0.2) is 0 Å². The molecule has 0 bridgehead atoms. The molecular formula is C10H13ClN2O3S. The summed E-state index contributed by atoms with van der Waals surface area (Å²) in [4.78, 5) is 10.9. The lowest BCUT2D eigenvalue weighted by molar-refractivity contribution is -0.114. The van der Waals surface area contributed by atoms with E-state index >= 15 is 0 Å². The highest BCUT2D eigenvalue weighted by Crippen LogP contribution is 2.26. The fourth-order valence-corrected chi connectivity index (χ4v) is 2.38. The molecule has 7 heteroatoms. The highest BCUT2D eigenvalue weighted by Gasteiger charge is 2.18. The Hall–Kier alpha value is -1.11. The summed E-state index contributed by atoms with van der Waals surface area (Å²) in [6.45, 7) is 1.35. The van der Waals surface area contributed by atoms with Crippen LogP contribution in [-0.2, 0) is 14.8 Å². The zero-order valence-electron chi connectivity index (χ0n) is 9.69. The Morgan fingerprint density at radius 3 is 2.35 bits per heavy atom. The summed E-state index contributed by atoms with van der Waals surface area (Å²) in [5.41, 5.74) is 0.386. The largest absolute Gasteiger partial charge is 0.325 e. The molecule has 94 valence electrons. The van der Waals surface area contributed by atoms with Crippen molar-refractivity contribution < 1.29 is 13.2 Å². The number of carbonyl (C=O) groups is 1. The van der Waals surface area contributed by atoms with Gasteiger partial charge in [-0.3, -0.25) is 4.79 Å². The first-order valence-electron chi connectivity index (χ1n) is 4.75. The number of carbonyl (C=O) groups excluding carboxylic acids is 1. The SMILES string of the molecule is CC(=O)Nc1ccc(S(=O)(=O)N(C)C)cc1Cl. The van der Waals surface area contributed by atoms with Crippen LogP contribution < -0.4 is 5.32 Å². The Labute approximate surface area is 105 Å². The van der Waals surface area contributed by atoms with Crippen LogP contribution in [0.5, 0.6) is 0 Å². The van der Waals surface area contributed by atoms with E-state index in [1.54, 1.807) is 0 Å². The van der Waals surface area contributed by atoms with Gasteiger partial charge in [0.05, 0.1) is 15.6 Å². The molecule has 1 aromatic rings.